The average molecular weight is 368 g/mol. The fourth-order valence-corrected chi connectivity index (χ4v) is 3.46. The molecule has 2 aromatic rings. The van der Waals surface area contributed by atoms with Crippen molar-refractivity contribution in [2.75, 3.05) is 6.54 Å². The van der Waals surface area contributed by atoms with E-state index in [2.05, 4.69) is 47.2 Å². The number of nitrogens with one attached hydrogen (secondary N) is 1. The molecule has 112 valence electrons. The molecule has 4 heteroatoms. The Kier molecular flexibility index (Phi) is 6.27. The summed E-state index contributed by atoms with van der Waals surface area (Å²) in [5.74, 6) is 0.425. The monoisotopic (exact) mass is 367 g/mol. The Morgan fingerprint density at radius 2 is 2.00 bits per heavy atom. The zero-order valence-corrected chi connectivity index (χ0v) is 14.6. The van der Waals surface area contributed by atoms with Crippen molar-refractivity contribution in [3.05, 3.63) is 58.3 Å². The quantitative estimate of drug-likeness (QED) is 0.724. The smallest absolute Gasteiger partial charge is 0.124 e. The summed E-state index contributed by atoms with van der Waals surface area (Å²) in [6.45, 7) is 6.19. The molecule has 0 spiro atoms. The average Bonchev–Trinajstić information content (AvgIpc) is 2.41. The van der Waals surface area contributed by atoms with Crippen LogP contribution in [0.1, 0.15) is 19.4 Å². The zero-order chi connectivity index (χ0) is 15.2. The first-order chi connectivity index (χ1) is 10.0. The highest BCUT2D eigenvalue weighted by Crippen LogP contribution is 2.32. The van der Waals surface area contributed by atoms with Crippen molar-refractivity contribution in [3.63, 3.8) is 0 Å². The van der Waals surface area contributed by atoms with E-state index in [4.69, 9.17) is 0 Å². The lowest BCUT2D eigenvalue weighted by atomic mass is 10.2. The van der Waals surface area contributed by atoms with Gasteiger partial charge >= 0.3 is 0 Å². The van der Waals surface area contributed by atoms with Gasteiger partial charge in [0.1, 0.15) is 5.82 Å². The second-order valence-electron chi connectivity index (χ2n) is 5.34. The molecule has 21 heavy (non-hydrogen) atoms. The molecule has 0 unspecified atom stereocenters. The van der Waals surface area contributed by atoms with Crippen LogP contribution in [0.25, 0.3) is 0 Å². The number of hydrogen-bond donors (Lipinski definition) is 1. The van der Waals surface area contributed by atoms with Gasteiger partial charge in [-0.2, -0.15) is 0 Å². The summed E-state index contributed by atoms with van der Waals surface area (Å²) >= 11 is 5.10. The van der Waals surface area contributed by atoms with Crippen molar-refractivity contribution in [2.45, 2.75) is 30.2 Å². The maximum absolute atomic E-state index is 13.3. The third-order valence-corrected chi connectivity index (χ3v) is 4.50. The van der Waals surface area contributed by atoms with E-state index >= 15 is 0 Å². The molecule has 1 nitrogen and oxygen atoms in total. The van der Waals surface area contributed by atoms with Gasteiger partial charge in [0.15, 0.2) is 0 Å². The predicted molar refractivity (Wildman–Crippen MR) is 91.2 cm³/mol. The Morgan fingerprint density at radius 1 is 1.19 bits per heavy atom. The molecule has 0 fully saturated rings. The molecule has 0 amide bonds. The Hall–Kier alpha value is -0.840. The summed E-state index contributed by atoms with van der Waals surface area (Å²) in [6, 6.07) is 12.9. The summed E-state index contributed by atoms with van der Waals surface area (Å²) in [5.41, 5.74) is 1.23. The predicted octanol–water partition coefficient (Wildman–Crippen LogP) is 5.49. The standard InChI is InChI=1S/C17H19BrFNS/c1-12(2)10-20-11-13-6-7-14(18)8-17(13)21-16-5-3-4-15(19)9-16/h3-9,12,20H,10-11H2,1-2H3. The first kappa shape index (κ1) is 16.5. The molecular formula is C17H19BrFNS. The van der Waals surface area contributed by atoms with Crippen LogP contribution in [0.4, 0.5) is 4.39 Å². The molecule has 0 aliphatic heterocycles. The highest BCUT2D eigenvalue weighted by atomic mass is 79.9. The second-order valence-corrected chi connectivity index (χ2v) is 7.37. The van der Waals surface area contributed by atoms with Crippen molar-refractivity contribution in [3.8, 4) is 0 Å². The van der Waals surface area contributed by atoms with E-state index in [0.29, 0.717) is 5.92 Å². The molecule has 0 heterocycles. The van der Waals surface area contributed by atoms with Crippen molar-refractivity contribution in [1.82, 2.24) is 5.32 Å². The summed E-state index contributed by atoms with van der Waals surface area (Å²) in [7, 11) is 0. The molecule has 0 radical (unpaired) electrons. The molecule has 1 N–H and O–H groups in total. The molecule has 2 rings (SSSR count). The molecule has 0 aromatic heterocycles. The van der Waals surface area contributed by atoms with Crippen LogP contribution in [-0.4, -0.2) is 6.54 Å². The molecular weight excluding hydrogens is 349 g/mol. The van der Waals surface area contributed by atoms with Gasteiger partial charge in [-0.25, -0.2) is 4.39 Å². The third-order valence-electron chi connectivity index (χ3n) is 2.92. The van der Waals surface area contributed by atoms with E-state index in [1.165, 1.54) is 11.6 Å². The summed E-state index contributed by atoms with van der Waals surface area (Å²) in [4.78, 5) is 2.06. The van der Waals surface area contributed by atoms with E-state index < -0.39 is 0 Å². The Bertz CT molecular complexity index is 601. The van der Waals surface area contributed by atoms with Crippen LogP contribution < -0.4 is 5.32 Å². The second kappa shape index (κ2) is 7.97. The summed E-state index contributed by atoms with van der Waals surface area (Å²) in [5, 5.41) is 3.46. The maximum Gasteiger partial charge on any atom is 0.124 e. The molecule has 0 saturated heterocycles. The van der Waals surface area contributed by atoms with Crippen molar-refractivity contribution < 1.29 is 4.39 Å². The van der Waals surface area contributed by atoms with E-state index in [0.717, 1.165) is 27.4 Å². The Labute approximate surface area is 138 Å². The van der Waals surface area contributed by atoms with Gasteiger partial charge in [-0.3, -0.25) is 0 Å². The van der Waals surface area contributed by atoms with E-state index in [1.807, 2.05) is 12.1 Å². The van der Waals surface area contributed by atoms with Gasteiger partial charge in [-0.05, 0) is 48.4 Å². The molecule has 0 saturated carbocycles. The molecule has 0 atom stereocenters. The SMILES string of the molecule is CC(C)CNCc1ccc(Br)cc1Sc1cccc(F)c1. The van der Waals surface area contributed by atoms with Crippen LogP contribution in [0, 0.1) is 11.7 Å². The van der Waals surface area contributed by atoms with Gasteiger partial charge in [0.2, 0.25) is 0 Å². The fourth-order valence-electron chi connectivity index (χ4n) is 1.92. The highest BCUT2D eigenvalue weighted by Gasteiger charge is 2.07. The van der Waals surface area contributed by atoms with Crippen molar-refractivity contribution in [2.24, 2.45) is 5.92 Å². The number of halogens is 2. The first-order valence-electron chi connectivity index (χ1n) is 6.97. The van der Waals surface area contributed by atoms with Crippen molar-refractivity contribution in [1.29, 1.82) is 0 Å². The number of benzene rings is 2. The van der Waals surface area contributed by atoms with Crippen molar-refractivity contribution >= 4 is 27.7 Å². The lowest BCUT2D eigenvalue weighted by Gasteiger charge is -2.12. The minimum absolute atomic E-state index is 0.200. The Morgan fingerprint density at radius 3 is 2.71 bits per heavy atom. The van der Waals surface area contributed by atoms with Crippen LogP contribution in [0.5, 0.6) is 0 Å². The molecule has 2 aromatic carbocycles. The fraction of sp³-hybridized carbons (Fsp3) is 0.294. The third kappa shape index (κ3) is 5.46. The minimum Gasteiger partial charge on any atom is -0.312 e. The van der Waals surface area contributed by atoms with Crippen LogP contribution in [0.15, 0.2) is 56.7 Å². The highest BCUT2D eigenvalue weighted by molar-refractivity contribution is 9.10. The van der Waals surface area contributed by atoms with E-state index in [9.17, 15) is 4.39 Å². The molecule has 0 bridgehead atoms. The van der Waals surface area contributed by atoms with Crippen LogP contribution >= 0.6 is 27.7 Å². The Balaban J connectivity index is 2.15. The molecule has 0 aliphatic carbocycles. The van der Waals surface area contributed by atoms with E-state index in [-0.39, 0.29) is 5.82 Å². The topological polar surface area (TPSA) is 12.0 Å². The van der Waals surface area contributed by atoms with Gasteiger partial charge in [0, 0.05) is 20.8 Å². The first-order valence-corrected chi connectivity index (χ1v) is 8.58. The van der Waals surface area contributed by atoms with Gasteiger partial charge < -0.3 is 5.32 Å². The molecule has 0 aliphatic rings. The number of hydrogen-bond acceptors (Lipinski definition) is 2. The normalized spacial score (nSPS) is 11.1. The minimum atomic E-state index is -0.200. The summed E-state index contributed by atoms with van der Waals surface area (Å²) in [6.07, 6.45) is 0. The van der Waals surface area contributed by atoms with Gasteiger partial charge in [0.05, 0.1) is 0 Å². The maximum atomic E-state index is 13.3. The van der Waals surface area contributed by atoms with Crippen LogP contribution in [0.2, 0.25) is 0 Å². The summed E-state index contributed by atoms with van der Waals surface area (Å²) < 4.78 is 14.3. The largest absolute Gasteiger partial charge is 0.312 e. The van der Waals surface area contributed by atoms with Gasteiger partial charge in [-0.1, -0.05) is 53.7 Å². The van der Waals surface area contributed by atoms with Crippen LogP contribution in [-0.2, 0) is 6.54 Å². The lowest BCUT2D eigenvalue weighted by molar-refractivity contribution is 0.550. The number of rotatable bonds is 6. The zero-order valence-electron chi connectivity index (χ0n) is 12.2. The van der Waals surface area contributed by atoms with Gasteiger partial charge in [-0.15, -0.1) is 0 Å². The van der Waals surface area contributed by atoms with Crippen LogP contribution in [0.3, 0.4) is 0 Å². The lowest BCUT2D eigenvalue weighted by Crippen LogP contribution is -2.19. The van der Waals surface area contributed by atoms with E-state index in [1.54, 1.807) is 23.9 Å². The van der Waals surface area contributed by atoms with Gasteiger partial charge in [0.25, 0.3) is 0 Å².